The van der Waals surface area contributed by atoms with E-state index >= 15 is 0 Å². The Morgan fingerprint density at radius 2 is 2.33 bits per heavy atom. The highest BCUT2D eigenvalue weighted by Gasteiger charge is 2.23. The molecular formula is C12H19N3. The first kappa shape index (κ1) is 9.40. The van der Waals surface area contributed by atoms with Crippen LogP contribution in [0.5, 0.6) is 0 Å². The third-order valence-corrected chi connectivity index (χ3v) is 3.57. The van der Waals surface area contributed by atoms with Crippen LogP contribution in [-0.4, -0.2) is 15.6 Å². The minimum atomic E-state index is 0.781. The molecule has 1 N–H and O–H groups in total. The third kappa shape index (κ3) is 1.93. The van der Waals surface area contributed by atoms with Crippen LogP contribution in [0.3, 0.4) is 0 Å². The molecule has 3 heteroatoms. The lowest BCUT2D eigenvalue weighted by molar-refractivity contribution is 0.414. The van der Waals surface area contributed by atoms with Crippen molar-refractivity contribution in [1.82, 2.24) is 14.9 Å². The summed E-state index contributed by atoms with van der Waals surface area (Å²) in [6, 6.07) is 0.781. The molecule has 0 bridgehead atoms. The molecule has 1 saturated carbocycles. The molecule has 2 aliphatic rings. The predicted octanol–water partition coefficient (Wildman–Crippen LogP) is 1.72. The first-order chi connectivity index (χ1) is 7.33. The van der Waals surface area contributed by atoms with Gasteiger partial charge in [-0.25, -0.2) is 4.98 Å². The van der Waals surface area contributed by atoms with Crippen molar-refractivity contribution in [3.05, 3.63) is 17.7 Å². The lowest BCUT2D eigenvalue weighted by Gasteiger charge is -2.21. The first-order valence-electron chi connectivity index (χ1n) is 6.09. The molecule has 15 heavy (non-hydrogen) atoms. The van der Waals surface area contributed by atoms with Crippen LogP contribution in [0, 0.1) is 5.92 Å². The summed E-state index contributed by atoms with van der Waals surface area (Å²) in [6.45, 7) is 4.47. The van der Waals surface area contributed by atoms with Crippen molar-refractivity contribution >= 4 is 0 Å². The van der Waals surface area contributed by atoms with E-state index in [-0.39, 0.29) is 0 Å². The van der Waals surface area contributed by atoms with Crippen LogP contribution in [0.15, 0.2) is 6.33 Å². The van der Waals surface area contributed by atoms with E-state index in [9.17, 15) is 0 Å². The first-order valence-corrected chi connectivity index (χ1v) is 6.09. The Labute approximate surface area is 90.9 Å². The maximum Gasteiger partial charge on any atom is 0.0952 e. The fourth-order valence-corrected chi connectivity index (χ4v) is 2.34. The van der Waals surface area contributed by atoms with Crippen molar-refractivity contribution in [3.8, 4) is 0 Å². The quantitative estimate of drug-likeness (QED) is 0.814. The van der Waals surface area contributed by atoms with Crippen molar-refractivity contribution in [2.24, 2.45) is 5.92 Å². The van der Waals surface area contributed by atoms with E-state index < -0.39 is 0 Å². The molecule has 3 nitrogen and oxygen atoms in total. The second kappa shape index (κ2) is 3.63. The minimum absolute atomic E-state index is 0.781. The fourth-order valence-electron chi connectivity index (χ4n) is 2.34. The van der Waals surface area contributed by atoms with Gasteiger partial charge < -0.3 is 9.88 Å². The average molecular weight is 205 g/mol. The third-order valence-electron chi connectivity index (χ3n) is 3.57. The number of hydrogen-bond donors (Lipinski definition) is 1. The number of aryl methyl sites for hydroxylation is 1. The highest BCUT2D eigenvalue weighted by atomic mass is 15.1. The van der Waals surface area contributed by atoms with Gasteiger partial charge in [0.1, 0.15) is 0 Å². The van der Waals surface area contributed by atoms with Crippen molar-refractivity contribution in [3.63, 3.8) is 0 Å². The van der Waals surface area contributed by atoms with E-state index in [0.29, 0.717) is 0 Å². The second-order valence-corrected chi connectivity index (χ2v) is 5.08. The Balaban J connectivity index is 1.73. The number of nitrogens with one attached hydrogen (secondary N) is 1. The van der Waals surface area contributed by atoms with Crippen molar-refractivity contribution in [1.29, 1.82) is 0 Å². The minimum Gasteiger partial charge on any atom is -0.334 e. The van der Waals surface area contributed by atoms with Gasteiger partial charge in [-0.15, -0.1) is 0 Å². The van der Waals surface area contributed by atoms with Crippen LogP contribution in [0.25, 0.3) is 0 Å². The van der Waals surface area contributed by atoms with Gasteiger partial charge in [0.2, 0.25) is 0 Å². The van der Waals surface area contributed by atoms with E-state index in [0.717, 1.165) is 25.0 Å². The van der Waals surface area contributed by atoms with Crippen LogP contribution in [0.1, 0.15) is 37.6 Å². The summed E-state index contributed by atoms with van der Waals surface area (Å²) in [7, 11) is 0. The van der Waals surface area contributed by atoms with Gasteiger partial charge in [0.05, 0.1) is 12.0 Å². The van der Waals surface area contributed by atoms with E-state index in [1.165, 1.54) is 37.1 Å². The molecule has 3 rings (SSSR count). The van der Waals surface area contributed by atoms with Crippen LogP contribution in [0.2, 0.25) is 0 Å². The predicted molar refractivity (Wildman–Crippen MR) is 59.6 cm³/mol. The zero-order chi connectivity index (χ0) is 10.3. The van der Waals surface area contributed by atoms with Gasteiger partial charge in [0.15, 0.2) is 0 Å². The lowest BCUT2D eigenvalue weighted by Crippen LogP contribution is -2.21. The Hall–Kier alpha value is -0.830. The molecule has 1 aromatic heterocycles. The van der Waals surface area contributed by atoms with Crippen molar-refractivity contribution in [2.45, 2.75) is 51.7 Å². The lowest BCUT2D eigenvalue weighted by atomic mass is 9.97. The summed E-state index contributed by atoms with van der Waals surface area (Å²) in [5, 5.41) is 3.55. The van der Waals surface area contributed by atoms with Gasteiger partial charge in [-0.3, -0.25) is 0 Å². The van der Waals surface area contributed by atoms with E-state index in [2.05, 4.69) is 21.8 Å². The molecule has 0 saturated heterocycles. The number of aromatic nitrogens is 2. The Morgan fingerprint density at radius 3 is 3.13 bits per heavy atom. The monoisotopic (exact) mass is 205 g/mol. The molecule has 0 radical (unpaired) electrons. The molecule has 1 unspecified atom stereocenters. The number of nitrogens with zero attached hydrogens (tertiary/aromatic N) is 2. The summed E-state index contributed by atoms with van der Waals surface area (Å²) >= 11 is 0. The highest BCUT2D eigenvalue weighted by molar-refractivity contribution is 5.16. The summed E-state index contributed by atoms with van der Waals surface area (Å²) in [4.78, 5) is 4.53. The number of imidazole rings is 1. The fraction of sp³-hybridized carbons (Fsp3) is 0.750. The van der Waals surface area contributed by atoms with Crippen LogP contribution in [0.4, 0.5) is 0 Å². The Kier molecular flexibility index (Phi) is 2.28. The number of rotatable bonds is 3. The van der Waals surface area contributed by atoms with Gasteiger partial charge in [-0.05, 0) is 31.6 Å². The Morgan fingerprint density at radius 1 is 1.47 bits per heavy atom. The molecule has 0 spiro atoms. The zero-order valence-corrected chi connectivity index (χ0v) is 9.37. The van der Waals surface area contributed by atoms with Crippen molar-refractivity contribution < 1.29 is 0 Å². The molecule has 1 aromatic rings. The molecule has 1 aliphatic heterocycles. The molecule has 82 valence electrons. The summed E-state index contributed by atoms with van der Waals surface area (Å²) in [5.74, 6) is 0.828. The summed E-state index contributed by atoms with van der Waals surface area (Å²) in [6.07, 6.45) is 7.24. The molecule has 1 fully saturated rings. The normalized spacial score (nSPS) is 25.3. The number of fused-ring (bicyclic) bond motifs is 1. The highest BCUT2D eigenvalue weighted by Crippen LogP contribution is 2.24. The van der Waals surface area contributed by atoms with Gasteiger partial charge in [-0.2, -0.15) is 0 Å². The maximum absolute atomic E-state index is 4.53. The SMILES string of the molecule is CC1CCn2cnc(CNC3CC3)c2C1. The zero-order valence-electron chi connectivity index (χ0n) is 9.37. The average Bonchev–Trinajstić information content (AvgIpc) is 2.97. The van der Waals surface area contributed by atoms with Crippen molar-refractivity contribution in [2.75, 3.05) is 0 Å². The van der Waals surface area contributed by atoms with Gasteiger partial charge in [0.25, 0.3) is 0 Å². The van der Waals surface area contributed by atoms with Gasteiger partial charge in [-0.1, -0.05) is 6.92 Å². The molecular weight excluding hydrogens is 186 g/mol. The van der Waals surface area contributed by atoms with E-state index in [1.807, 2.05) is 6.33 Å². The Bertz CT molecular complexity index is 352. The summed E-state index contributed by atoms with van der Waals surface area (Å²) < 4.78 is 2.34. The topological polar surface area (TPSA) is 29.9 Å². The van der Waals surface area contributed by atoms with Gasteiger partial charge >= 0.3 is 0 Å². The van der Waals surface area contributed by atoms with Gasteiger partial charge in [0, 0.05) is 24.8 Å². The molecule has 2 heterocycles. The smallest absolute Gasteiger partial charge is 0.0952 e. The standard InChI is InChI=1S/C12H19N3/c1-9-4-5-15-8-14-11(12(15)6-9)7-13-10-2-3-10/h8-10,13H,2-7H2,1H3. The van der Waals surface area contributed by atoms with E-state index in [4.69, 9.17) is 0 Å². The summed E-state index contributed by atoms with van der Waals surface area (Å²) in [5.41, 5.74) is 2.76. The molecule has 0 amide bonds. The van der Waals surface area contributed by atoms with Crippen LogP contribution >= 0.6 is 0 Å². The number of hydrogen-bond acceptors (Lipinski definition) is 2. The second-order valence-electron chi connectivity index (χ2n) is 5.08. The maximum atomic E-state index is 4.53. The molecule has 1 aliphatic carbocycles. The van der Waals surface area contributed by atoms with E-state index in [1.54, 1.807) is 0 Å². The van der Waals surface area contributed by atoms with Crippen LogP contribution in [-0.2, 0) is 19.5 Å². The largest absolute Gasteiger partial charge is 0.334 e. The molecule has 1 atom stereocenters. The van der Waals surface area contributed by atoms with Crippen LogP contribution < -0.4 is 5.32 Å². The molecule has 0 aromatic carbocycles.